The van der Waals surface area contributed by atoms with Crippen LogP contribution in [0.1, 0.15) is 11.3 Å². The highest BCUT2D eigenvalue weighted by molar-refractivity contribution is 7.18. The molecule has 0 saturated carbocycles. The van der Waals surface area contributed by atoms with Gasteiger partial charge in [0.05, 0.1) is 0 Å². The predicted molar refractivity (Wildman–Crippen MR) is 61.8 cm³/mol. The van der Waals surface area contributed by atoms with Gasteiger partial charge in [0.2, 0.25) is 5.28 Å². The van der Waals surface area contributed by atoms with E-state index in [0.29, 0.717) is 15.1 Å². The number of fused-ring (bicyclic) bond motifs is 1. The van der Waals surface area contributed by atoms with Gasteiger partial charge in [-0.15, -0.1) is 11.3 Å². The fourth-order valence-corrected chi connectivity index (χ4v) is 2.87. The molecule has 0 atom stereocenters. The average Bonchev–Trinajstić information content (AvgIpc) is 2.56. The van der Waals surface area contributed by atoms with Crippen molar-refractivity contribution in [3.05, 3.63) is 21.4 Å². The van der Waals surface area contributed by atoms with Crippen LogP contribution in [0.5, 0.6) is 0 Å². The van der Waals surface area contributed by atoms with Crippen LogP contribution in [0.15, 0.2) is 6.07 Å². The van der Waals surface area contributed by atoms with E-state index in [1.54, 1.807) is 6.07 Å². The molecule has 8 heteroatoms. The molecule has 0 spiro atoms. The second-order valence-electron chi connectivity index (χ2n) is 3.33. The molecule has 0 fully saturated rings. The number of halogens is 5. The lowest BCUT2D eigenvalue weighted by atomic mass is 10.2. The molecule has 0 unspecified atom stereocenters. The first-order valence-electron chi connectivity index (χ1n) is 4.53. The minimum Gasteiger partial charge on any atom is -0.207 e. The van der Waals surface area contributed by atoms with Crippen molar-refractivity contribution in [2.24, 2.45) is 0 Å². The first kappa shape index (κ1) is 12.9. The largest absolute Gasteiger partial charge is 0.389 e. The third kappa shape index (κ3) is 3.20. The lowest BCUT2D eigenvalue weighted by Crippen LogP contribution is -2.07. The second kappa shape index (κ2) is 4.59. The highest BCUT2D eigenvalue weighted by atomic mass is 35.5. The van der Waals surface area contributed by atoms with Gasteiger partial charge in [0.25, 0.3) is 0 Å². The Bertz CT molecular complexity index is 553. The molecule has 0 N–H and O–H groups in total. The summed E-state index contributed by atoms with van der Waals surface area (Å²) in [5, 5.41) is 0.694. The van der Waals surface area contributed by atoms with Gasteiger partial charge in [-0.25, -0.2) is 9.97 Å². The van der Waals surface area contributed by atoms with Crippen LogP contribution in [0.25, 0.3) is 10.2 Å². The zero-order valence-electron chi connectivity index (χ0n) is 8.18. The highest BCUT2D eigenvalue weighted by Crippen LogP contribution is 2.32. The maximum absolute atomic E-state index is 12.1. The molecule has 2 heterocycles. The molecule has 0 aliphatic heterocycles. The Morgan fingerprint density at radius 2 is 1.94 bits per heavy atom. The van der Waals surface area contributed by atoms with Gasteiger partial charge in [-0.1, -0.05) is 11.6 Å². The van der Waals surface area contributed by atoms with Gasteiger partial charge in [-0.05, 0) is 24.1 Å². The van der Waals surface area contributed by atoms with E-state index in [9.17, 15) is 13.2 Å². The molecule has 2 nitrogen and oxygen atoms in total. The van der Waals surface area contributed by atoms with E-state index in [2.05, 4.69) is 9.97 Å². The standard InChI is InChI=1S/C9H5Cl2F3N2S/c10-6-5-3-4(1-2-9(12,13)14)17-7(5)16-8(11)15-6/h3H,1-2H2. The van der Waals surface area contributed by atoms with Gasteiger partial charge >= 0.3 is 6.18 Å². The van der Waals surface area contributed by atoms with Gasteiger partial charge in [0.15, 0.2) is 0 Å². The molecule has 0 saturated heterocycles. The summed E-state index contributed by atoms with van der Waals surface area (Å²) in [5.74, 6) is 0. The van der Waals surface area contributed by atoms with Crippen LogP contribution in [0.4, 0.5) is 13.2 Å². The number of nitrogens with zero attached hydrogens (tertiary/aromatic N) is 2. The van der Waals surface area contributed by atoms with Gasteiger partial charge in [-0.2, -0.15) is 13.2 Å². The fraction of sp³-hybridized carbons (Fsp3) is 0.333. The highest BCUT2D eigenvalue weighted by Gasteiger charge is 2.27. The van der Waals surface area contributed by atoms with E-state index in [0.717, 1.165) is 11.3 Å². The number of hydrogen-bond donors (Lipinski definition) is 0. The van der Waals surface area contributed by atoms with E-state index in [4.69, 9.17) is 23.2 Å². The Balaban J connectivity index is 2.29. The maximum Gasteiger partial charge on any atom is 0.389 e. The molecular formula is C9H5Cl2F3N2S. The SMILES string of the molecule is FC(F)(F)CCc1cc2c(Cl)nc(Cl)nc2s1. The number of rotatable bonds is 2. The molecule has 0 amide bonds. The smallest absolute Gasteiger partial charge is 0.207 e. The van der Waals surface area contributed by atoms with Crippen molar-refractivity contribution >= 4 is 44.8 Å². The summed E-state index contributed by atoms with van der Waals surface area (Å²) in [7, 11) is 0. The third-order valence-electron chi connectivity index (χ3n) is 2.02. The normalized spacial score (nSPS) is 12.3. The zero-order valence-corrected chi connectivity index (χ0v) is 10.5. The zero-order chi connectivity index (χ0) is 12.6. The quantitative estimate of drug-likeness (QED) is 0.603. The summed E-state index contributed by atoms with van der Waals surface area (Å²) in [6.07, 6.45) is -5.11. The number of thiophene rings is 1. The van der Waals surface area contributed by atoms with Crippen molar-refractivity contribution in [1.82, 2.24) is 9.97 Å². The number of hydrogen-bond acceptors (Lipinski definition) is 3. The predicted octanol–water partition coefficient (Wildman–Crippen LogP) is 4.49. The number of aromatic nitrogens is 2. The number of alkyl halides is 3. The molecule has 2 aromatic rings. The Hall–Kier alpha value is -0.590. The van der Waals surface area contributed by atoms with Crippen LogP contribution < -0.4 is 0 Å². The monoisotopic (exact) mass is 300 g/mol. The van der Waals surface area contributed by atoms with Crippen LogP contribution in [0.3, 0.4) is 0 Å². The second-order valence-corrected chi connectivity index (χ2v) is 5.14. The van der Waals surface area contributed by atoms with Gasteiger partial charge in [-0.3, -0.25) is 0 Å². The summed E-state index contributed by atoms with van der Waals surface area (Å²) in [4.78, 5) is 8.71. The molecule has 0 radical (unpaired) electrons. The molecule has 0 aliphatic rings. The summed E-state index contributed by atoms with van der Waals surface area (Å²) in [6, 6.07) is 1.57. The Kier molecular flexibility index (Phi) is 3.47. The minimum atomic E-state index is -4.16. The van der Waals surface area contributed by atoms with Crippen LogP contribution in [0, 0.1) is 0 Å². The van der Waals surface area contributed by atoms with Crippen molar-refractivity contribution < 1.29 is 13.2 Å². The minimum absolute atomic E-state index is 0.00767. The maximum atomic E-state index is 12.1. The molecule has 17 heavy (non-hydrogen) atoms. The van der Waals surface area contributed by atoms with Crippen LogP contribution in [-0.2, 0) is 6.42 Å². The van der Waals surface area contributed by atoms with E-state index in [-0.39, 0.29) is 16.9 Å². The van der Waals surface area contributed by atoms with Crippen molar-refractivity contribution in [2.45, 2.75) is 19.0 Å². The van der Waals surface area contributed by atoms with E-state index >= 15 is 0 Å². The van der Waals surface area contributed by atoms with E-state index < -0.39 is 12.6 Å². The lowest BCUT2D eigenvalue weighted by molar-refractivity contribution is -0.133. The number of aryl methyl sites for hydroxylation is 1. The van der Waals surface area contributed by atoms with Gasteiger partial charge in [0.1, 0.15) is 9.98 Å². The van der Waals surface area contributed by atoms with Crippen molar-refractivity contribution in [3.8, 4) is 0 Å². The van der Waals surface area contributed by atoms with Crippen LogP contribution >= 0.6 is 34.5 Å². The molecule has 0 bridgehead atoms. The van der Waals surface area contributed by atoms with Crippen molar-refractivity contribution in [2.75, 3.05) is 0 Å². The van der Waals surface area contributed by atoms with E-state index in [1.807, 2.05) is 0 Å². The molecule has 2 rings (SSSR count). The topological polar surface area (TPSA) is 25.8 Å². The van der Waals surface area contributed by atoms with Crippen molar-refractivity contribution in [3.63, 3.8) is 0 Å². The van der Waals surface area contributed by atoms with E-state index in [1.165, 1.54) is 0 Å². The molecule has 2 aromatic heterocycles. The Morgan fingerprint density at radius 1 is 1.24 bits per heavy atom. The first-order chi connectivity index (χ1) is 7.85. The van der Waals surface area contributed by atoms with Crippen LogP contribution in [-0.4, -0.2) is 16.1 Å². The Morgan fingerprint density at radius 3 is 2.59 bits per heavy atom. The van der Waals surface area contributed by atoms with Gasteiger partial charge < -0.3 is 0 Å². The summed E-state index contributed by atoms with van der Waals surface area (Å²) >= 11 is 12.6. The average molecular weight is 301 g/mol. The molecule has 0 aliphatic carbocycles. The molecule has 0 aromatic carbocycles. The van der Waals surface area contributed by atoms with Crippen molar-refractivity contribution in [1.29, 1.82) is 0 Å². The summed E-state index contributed by atoms with van der Waals surface area (Å²) in [6.45, 7) is 0. The lowest BCUT2D eigenvalue weighted by Gasteiger charge is -2.03. The third-order valence-corrected chi connectivity index (χ3v) is 3.57. The molecular weight excluding hydrogens is 296 g/mol. The summed E-state index contributed by atoms with van der Waals surface area (Å²) < 4.78 is 36.2. The summed E-state index contributed by atoms with van der Waals surface area (Å²) in [5.41, 5.74) is 0. The van der Waals surface area contributed by atoms with Gasteiger partial charge in [0, 0.05) is 16.7 Å². The fourth-order valence-electron chi connectivity index (χ4n) is 1.30. The Labute approximate surface area is 108 Å². The first-order valence-corrected chi connectivity index (χ1v) is 6.10. The molecule has 92 valence electrons. The van der Waals surface area contributed by atoms with Crippen LogP contribution in [0.2, 0.25) is 10.4 Å².